The van der Waals surface area contributed by atoms with Crippen molar-refractivity contribution in [2.75, 3.05) is 19.3 Å². The zero-order valence-electron chi connectivity index (χ0n) is 14.8. The molecule has 1 heterocycles. The fraction of sp³-hybridized carbons (Fsp3) is 0.588. The summed E-state index contributed by atoms with van der Waals surface area (Å²) in [5.74, 6) is -0.719. The van der Waals surface area contributed by atoms with Crippen LogP contribution in [0.3, 0.4) is 0 Å². The number of carbonyl (C=O) groups excluding carboxylic acids is 1. The molecule has 0 aliphatic carbocycles. The van der Waals surface area contributed by atoms with E-state index < -0.39 is 28.6 Å². The highest BCUT2D eigenvalue weighted by Gasteiger charge is 2.31. The van der Waals surface area contributed by atoms with Crippen LogP contribution in [0.15, 0.2) is 24.3 Å². The zero-order chi connectivity index (χ0) is 19.3. The van der Waals surface area contributed by atoms with Crippen molar-refractivity contribution >= 4 is 15.9 Å². The maximum Gasteiger partial charge on any atom is 0.387 e. The zero-order valence-corrected chi connectivity index (χ0v) is 15.6. The molecule has 0 bridgehead atoms. The first kappa shape index (κ1) is 20.6. The van der Waals surface area contributed by atoms with E-state index in [2.05, 4.69) is 10.1 Å². The van der Waals surface area contributed by atoms with E-state index in [4.69, 9.17) is 0 Å². The van der Waals surface area contributed by atoms with Gasteiger partial charge >= 0.3 is 6.61 Å². The van der Waals surface area contributed by atoms with Crippen molar-refractivity contribution in [1.82, 2.24) is 9.62 Å². The van der Waals surface area contributed by atoms with Gasteiger partial charge in [0, 0.05) is 18.7 Å². The summed E-state index contributed by atoms with van der Waals surface area (Å²) in [5, 5.41) is 2.85. The van der Waals surface area contributed by atoms with Crippen LogP contribution in [0.25, 0.3) is 0 Å². The molecule has 6 nitrogen and oxygen atoms in total. The Hall–Kier alpha value is -1.74. The Labute approximate surface area is 152 Å². The lowest BCUT2D eigenvalue weighted by atomic mass is 9.97. The van der Waals surface area contributed by atoms with Gasteiger partial charge in [0.1, 0.15) is 5.75 Å². The van der Waals surface area contributed by atoms with Crippen molar-refractivity contribution in [2.45, 2.75) is 38.8 Å². The summed E-state index contributed by atoms with van der Waals surface area (Å²) in [4.78, 5) is 12.6. The van der Waals surface area contributed by atoms with Gasteiger partial charge in [0.15, 0.2) is 0 Å². The molecule has 1 fully saturated rings. The Morgan fingerprint density at radius 3 is 2.69 bits per heavy atom. The fourth-order valence-electron chi connectivity index (χ4n) is 3.12. The molecule has 1 aromatic rings. The summed E-state index contributed by atoms with van der Waals surface area (Å²) < 4.78 is 54.5. The maximum atomic E-state index is 12.6. The predicted molar refractivity (Wildman–Crippen MR) is 93.4 cm³/mol. The van der Waals surface area contributed by atoms with E-state index in [0.717, 1.165) is 6.26 Å². The Morgan fingerprint density at radius 2 is 2.08 bits per heavy atom. The Morgan fingerprint density at radius 1 is 1.38 bits per heavy atom. The van der Waals surface area contributed by atoms with E-state index >= 15 is 0 Å². The van der Waals surface area contributed by atoms with Crippen LogP contribution in [-0.2, 0) is 14.8 Å². The molecule has 0 spiro atoms. The van der Waals surface area contributed by atoms with Gasteiger partial charge in [-0.1, -0.05) is 25.1 Å². The first-order valence-corrected chi connectivity index (χ1v) is 10.4. The van der Waals surface area contributed by atoms with Crippen molar-refractivity contribution in [3.05, 3.63) is 29.8 Å². The van der Waals surface area contributed by atoms with E-state index in [1.54, 1.807) is 18.2 Å². The number of sulfonamides is 1. The number of piperidine rings is 1. The molecule has 2 rings (SSSR count). The number of para-hydroxylation sites is 1. The molecule has 0 saturated carbocycles. The second-order valence-corrected chi connectivity index (χ2v) is 8.33. The van der Waals surface area contributed by atoms with Crippen LogP contribution in [0.2, 0.25) is 0 Å². The monoisotopic (exact) mass is 390 g/mol. The van der Waals surface area contributed by atoms with Crippen molar-refractivity contribution in [1.29, 1.82) is 0 Å². The fourth-order valence-corrected chi connectivity index (χ4v) is 4.03. The SMILES string of the molecule is CC[C@@H](NC(=O)[C@H]1CCCN(S(C)(=O)=O)C1)c1ccccc1OC(F)F. The third-order valence-electron chi connectivity index (χ3n) is 4.46. The third-order valence-corrected chi connectivity index (χ3v) is 5.73. The molecule has 146 valence electrons. The summed E-state index contributed by atoms with van der Waals surface area (Å²) in [7, 11) is -3.35. The van der Waals surface area contributed by atoms with E-state index in [1.807, 2.05) is 6.92 Å². The number of hydrogen-bond donors (Lipinski definition) is 1. The summed E-state index contributed by atoms with van der Waals surface area (Å²) in [6.45, 7) is -0.583. The number of nitrogens with zero attached hydrogens (tertiary/aromatic N) is 1. The highest BCUT2D eigenvalue weighted by molar-refractivity contribution is 7.88. The van der Waals surface area contributed by atoms with Crippen LogP contribution in [0.5, 0.6) is 5.75 Å². The van der Waals surface area contributed by atoms with Gasteiger partial charge in [0.25, 0.3) is 0 Å². The van der Waals surface area contributed by atoms with Crippen LogP contribution in [-0.4, -0.2) is 44.6 Å². The predicted octanol–water partition coefficient (Wildman–Crippen LogP) is 2.53. The van der Waals surface area contributed by atoms with Crippen LogP contribution < -0.4 is 10.1 Å². The molecular formula is C17H24F2N2O4S. The lowest BCUT2D eigenvalue weighted by Gasteiger charge is -2.31. The number of benzene rings is 1. The van der Waals surface area contributed by atoms with E-state index in [0.29, 0.717) is 31.4 Å². The quantitative estimate of drug-likeness (QED) is 0.776. The van der Waals surface area contributed by atoms with E-state index in [9.17, 15) is 22.0 Å². The second kappa shape index (κ2) is 8.77. The number of ether oxygens (including phenoxy) is 1. The minimum absolute atomic E-state index is 0.0241. The summed E-state index contributed by atoms with van der Waals surface area (Å²) >= 11 is 0. The Bertz CT molecular complexity index is 727. The smallest absolute Gasteiger partial charge is 0.387 e. The number of nitrogens with one attached hydrogen (secondary N) is 1. The Kier molecular flexibility index (Phi) is 6.94. The lowest BCUT2D eigenvalue weighted by Crippen LogP contribution is -2.45. The van der Waals surface area contributed by atoms with Gasteiger partial charge in [-0.2, -0.15) is 8.78 Å². The minimum Gasteiger partial charge on any atom is -0.434 e. The number of alkyl halides is 2. The standard InChI is InChI=1S/C17H24F2N2O4S/c1-3-14(13-8-4-5-9-15(13)25-17(18)19)20-16(22)12-7-6-10-21(11-12)26(2,23)24/h4-5,8-9,12,14,17H,3,6-7,10-11H2,1-2H3,(H,20,22)/t12-,14+/m0/s1. The van der Waals surface area contributed by atoms with Crippen molar-refractivity contribution in [2.24, 2.45) is 5.92 Å². The molecular weight excluding hydrogens is 366 g/mol. The molecule has 1 amide bonds. The third kappa shape index (κ3) is 5.38. The molecule has 0 aromatic heterocycles. The largest absolute Gasteiger partial charge is 0.434 e. The van der Waals surface area contributed by atoms with Gasteiger partial charge in [-0.05, 0) is 25.3 Å². The van der Waals surface area contributed by atoms with Crippen LogP contribution in [0.4, 0.5) is 8.78 Å². The molecule has 9 heteroatoms. The van der Waals surface area contributed by atoms with Crippen LogP contribution in [0.1, 0.15) is 37.8 Å². The summed E-state index contributed by atoms with van der Waals surface area (Å²) in [6.07, 6.45) is 2.80. The minimum atomic E-state index is -3.35. The normalized spacial score (nSPS) is 20.0. The van der Waals surface area contributed by atoms with E-state index in [-0.39, 0.29) is 18.2 Å². The van der Waals surface area contributed by atoms with Gasteiger partial charge < -0.3 is 10.1 Å². The van der Waals surface area contributed by atoms with Crippen LogP contribution >= 0.6 is 0 Å². The lowest BCUT2D eigenvalue weighted by molar-refractivity contribution is -0.126. The first-order valence-electron chi connectivity index (χ1n) is 8.51. The molecule has 1 aliphatic rings. The summed E-state index contributed by atoms with van der Waals surface area (Å²) in [5.41, 5.74) is 0.472. The Balaban J connectivity index is 2.11. The molecule has 1 aromatic carbocycles. The highest BCUT2D eigenvalue weighted by Crippen LogP contribution is 2.29. The van der Waals surface area contributed by atoms with E-state index in [1.165, 1.54) is 10.4 Å². The average molecular weight is 390 g/mol. The van der Waals surface area contributed by atoms with Crippen molar-refractivity contribution in [3.8, 4) is 5.75 Å². The van der Waals surface area contributed by atoms with Gasteiger partial charge in [-0.15, -0.1) is 0 Å². The second-order valence-electron chi connectivity index (χ2n) is 6.35. The number of halogens is 2. The number of rotatable bonds is 7. The molecule has 1 saturated heterocycles. The summed E-state index contributed by atoms with van der Waals surface area (Å²) in [6, 6.07) is 5.85. The van der Waals surface area contributed by atoms with Gasteiger partial charge in [0.2, 0.25) is 15.9 Å². The van der Waals surface area contributed by atoms with Gasteiger partial charge in [-0.3, -0.25) is 4.79 Å². The molecule has 1 N–H and O–H groups in total. The molecule has 26 heavy (non-hydrogen) atoms. The molecule has 1 aliphatic heterocycles. The number of carbonyl (C=O) groups is 1. The molecule has 0 radical (unpaired) electrons. The first-order chi connectivity index (χ1) is 12.2. The molecule has 0 unspecified atom stereocenters. The average Bonchev–Trinajstić information content (AvgIpc) is 2.59. The molecule has 2 atom stereocenters. The number of hydrogen-bond acceptors (Lipinski definition) is 4. The maximum absolute atomic E-state index is 12.6. The highest BCUT2D eigenvalue weighted by atomic mass is 32.2. The van der Waals surface area contributed by atoms with Crippen molar-refractivity contribution < 1.29 is 26.7 Å². The van der Waals surface area contributed by atoms with Gasteiger partial charge in [0.05, 0.1) is 18.2 Å². The van der Waals surface area contributed by atoms with Gasteiger partial charge in [-0.25, -0.2) is 12.7 Å². The van der Waals surface area contributed by atoms with Crippen molar-refractivity contribution in [3.63, 3.8) is 0 Å². The number of amides is 1. The topological polar surface area (TPSA) is 75.7 Å². The van der Waals surface area contributed by atoms with Crippen LogP contribution in [0, 0.1) is 5.92 Å².